The highest BCUT2D eigenvalue weighted by Crippen LogP contribution is 2.38. The normalized spacial score (nSPS) is 14.1. The first-order valence-corrected chi connectivity index (χ1v) is 13.0. The van der Waals surface area contributed by atoms with Crippen molar-refractivity contribution in [1.82, 2.24) is 15.2 Å². The van der Waals surface area contributed by atoms with E-state index in [-0.39, 0.29) is 5.91 Å². The molecule has 36 heavy (non-hydrogen) atoms. The van der Waals surface area contributed by atoms with Gasteiger partial charge in [0.2, 0.25) is 0 Å². The second-order valence-corrected chi connectivity index (χ2v) is 9.86. The Kier molecular flexibility index (Phi) is 7.55. The number of nitrogens with one attached hydrogen (secondary N) is 1. The van der Waals surface area contributed by atoms with Gasteiger partial charge < -0.3 is 19.7 Å². The van der Waals surface area contributed by atoms with Gasteiger partial charge in [-0.15, -0.1) is 0 Å². The van der Waals surface area contributed by atoms with E-state index in [2.05, 4.69) is 15.1 Å². The SMILES string of the molecule is COc1c(Cl)ccc2sc(N3CCN(CCNC(=O)c4ccc(Oc5ccccc5)cc4)CC3)nc12. The van der Waals surface area contributed by atoms with Gasteiger partial charge in [0.05, 0.1) is 16.8 Å². The molecule has 0 saturated carbocycles. The van der Waals surface area contributed by atoms with Crippen LogP contribution in [0.2, 0.25) is 5.02 Å². The number of ether oxygens (including phenoxy) is 2. The van der Waals surface area contributed by atoms with E-state index in [4.69, 9.17) is 26.1 Å². The van der Waals surface area contributed by atoms with Gasteiger partial charge in [0, 0.05) is 44.8 Å². The minimum Gasteiger partial charge on any atom is -0.493 e. The fraction of sp³-hybridized carbons (Fsp3) is 0.259. The van der Waals surface area contributed by atoms with Crippen LogP contribution in [0, 0.1) is 0 Å². The second kappa shape index (κ2) is 11.2. The molecule has 186 valence electrons. The number of halogens is 1. The molecule has 0 bridgehead atoms. The number of aromatic nitrogens is 1. The summed E-state index contributed by atoms with van der Waals surface area (Å²) < 4.78 is 12.3. The lowest BCUT2D eigenvalue weighted by Crippen LogP contribution is -2.48. The van der Waals surface area contributed by atoms with E-state index in [9.17, 15) is 4.79 Å². The summed E-state index contributed by atoms with van der Waals surface area (Å²) in [5.41, 5.74) is 1.43. The average Bonchev–Trinajstić information content (AvgIpc) is 3.34. The number of fused-ring (bicyclic) bond motifs is 1. The summed E-state index contributed by atoms with van der Waals surface area (Å²) in [4.78, 5) is 22.0. The predicted octanol–water partition coefficient (Wildman–Crippen LogP) is 5.30. The van der Waals surface area contributed by atoms with Crippen molar-refractivity contribution in [2.75, 3.05) is 51.3 Å². The van der Waals surface area contributed by atoms with Crippen LogP contribution in [0.4, 0.5) is 5.13 Å². The van der Waals surface area contributed by atoms with Gasteiger partial charge in [-0.05, 0) is 48.5 Å². The molecule has 0 atom stereocenters. The van der Waals surface area contributed by atoms with Crippen LogP contribution in [-0.4, -0.2) is 62.2 Å². The summed E-state index contributed by atoms with van der Waals surface area (Å²) in [5.74, 6) is 2.01. The molecular weight excluding hydrogens is 496 g/mol. The molecule has 1 aromatic heterocycles. The van der Waals surface area contributed by atoms with Crippen molar-refractivity contribution >= 4 is 44.2 Å². The third-order valence-electron chi connectivity index (χ3n) is 6.11. The Morgan fingerprint density at radius 3 is 2.44 bits per heavy atom. The molecule has 0 aliphatic carbocycles. The van der Waals surface area contributed by atoms with E-state index < -0.39 is 0 Å². The molecule has 7 nitrogen and oxygen atoms in total. The zero-order chi connectivity index (χ0) is 24.9. The van der Waals surface area contributed by atoms with E-state index in [0.717, 1.165) is 53.8 Å². The van der Waals surface area contributed by atoms with Crippen molar-refractivity contribution in [2.24, 2.45) is 0 Å². The van der Waals surface area contributed by atoms with Crippen LogP contribution in [0.1, 0.15) is 10.4 Å². The van der Waals surface area contributed by atoms with E-state index in [0.29, 0.717) is 28.6 Å². The zero-order valence-electron chi connectivity index (χ0n) is 19.9. The lowest BCUT2D eigenvalue weighted by molar-refractivity contribution is 0.0948. The number of thiazole rings is 1. The number of carbonyl (C=O) groups is 1. The number of hydrogen-bond acceptors (Lipinski definition) is 7. The maximum Gasteiger partial charge on any atom is 0.251 e. The summed E-state index contributed by atoms with van der Waals surface area (Å²) in [7, 11) is 1.62. The lowest BCUT2D eigenvalue weighted by atomic mass is 10.2. The molecule has 0 radical (unpaired) electrons. The van der Waals surface area contributed by atoms with Crippen LogP contribution in [0.3, 0.4) is 0 Å². The second-order valence-electron chi connectivity index (χ2n) is 8.45. The number of carbonyl (C=O) groups excluding carboxylic acids is 1. The van der Waals surface area contributed by atoms with E-state index in [1.54, 1.807) is 30.6 Å². The van der Waals surface area contributed by atoms with Crippen molar-refractivity contribution in [3.05, 3.63) is 77.3 Å². The van der Waals surface area contributed by atoms with Crippen LogP contribution < -0.4 is 19.7 Å². The largest absolute Gasteiger partial charge is 0.493 e. The molecule has 0 unspecified atom stereocenters. The maximum absolute atomic E-state index is 12.5. The minimum absolute atomic E-state index is 0.0815. The molecule has 0 spiro atoms. The number of para-hydroxylation sites is 1. The van der Waals surface area contributed by atoms with Crippen LogP contribution in [0.15, 0.2) is 66.7 Å². The summed E-state index contributed by atoms with van der Waals surface area (Å²) in [6.07, 6.45) is 0. The van der Waals surface area contributed by atoms with Crippen LogP contribution in [0.25, 0.3) is 10.2 Å². The standard InChI is InChI=1S/C27H27ClN4O3S/c1-34-25-22(28)11-12-23-24(25)30-27(36-23)32-17-15-31(16-18-32)14-13-29-26(33)19-7-9-21(10-8-19)35-20-5-3-2-4-6-20/h2-12H,13-18H2,1H3,(H,29,33). The molecule has 9 heteroatoms. The topological polar surface area (TPSA) is 66.9 Å². The number of anilines is 1. The number of benzene rings is 3. The fourth-order valence-electron chi connectivity index (χ4n) is 4.15. The minimum atomic E-state index is -0.0815. The van der Waals surface area contributed by atoms with Gasteiger partial charge in [0.25, 0.3) is 5.91 Å². The maximum atomic E-state index is 12.5. The van der Waals surface area contributed by atoms with Gasteiger partial charge in [-0.3, -0.25) is 9.69 Å². The zero-order valence-corrected chi connectivity index (χ0v) is 21.5. The Morgan fingerprint density at radius 2 is 1.72 bits per heavy atom. The molecule has 5 rings (SSSR count). The molecule has 1 saturated heterocycles. The monoisotopic (exact) mass is 522 g/mol. The van der Waals surface area contributed by atoms with Crippen molar-refractivity contribution < 1.29 is 14.3 Å². The third kappa shape index (κ3) is 5.56. The highest BCUT2D eigenvalue weighted by molar-refractivity contribution is 7.22. The Hall–Kier alpha value is -3.33. The molecule has 1 fully saturated rings. The van der Waals surface area contributed by atoms with E-state index in [1.165, 1.54) is 0 Å². The quantitative estimate of drug-likeness (QED) is 0.338. The lowest BCUT2D eigenvalue weighted by Gasteiger charge is -2.34. The molecule has 1 aliphatic heterocycles. The van der Waals surface area contributed by atoms with Crippen molar-refractivity contribution in [3.63, 3.8) is 0 Å². The van der Waals surface area contributed by atoms with Gasteiger partial charge in [-0.25, -0.2) is 4.98 Å². The first kappa shape index (κ1) is 24.4. The number of rotatable bonds is 8. The Balaban J connectivity index is 1.08. The van der Waals surface area contributed by atoms with E-state index in [1.807, 2.05) is 54.6 Å². The highest BCUT2D eigenvalue weighted by Gasteiger charge is 2.21. The predicted molar refractivity (Wildman–Crippen MR) is 145 cm³/mol. The number of nitrogens with zero attached hydrogens (tertiary/aromatic N) is 3. The molecule has 1 aliphatic rings. The van der Waals surface area contributed by atoms with Gasteiger partial charge in [-0.2, -0.15) is 0 Å². The molecule has 3 aromatic carbocycles. The Bertz CT molecular complexity index is 1320. The smallest absolute Gasteiger partial charge is 0.251 e. The average molecular weight is 523 g/mol. The Morgan fingerprint density at radius 1 is 1.00 bits per heavy atom. The number of methoxy groups -OCH3 is 1. The fourth-order valence-corrected chi connectivity index (χ4v) is 5.40. The molecule has 2 heterocycles. The van der Waals surface area contributed by atoms with Crippen LogP contribution in [-0.2, 0) is 0 Å². The van der Waals surface area contributed by atoms with Gasteiger partial charge >= 0.3 is 0 Å². The molecule has 4 aromatic rings. The molecule has 1 amide bonds. The summed E-state index contributed by atoms with van der Waals surface area (Å²) in [5, 5.41) is 4.58. The Labute approximate surface area is 219 Å². The third-order valence-corrected chi connectivity index (χ3v) is 7.49. The van der Waals surface area contributed by atoms with Crippen molar-refractivity contribution in [1.29, 1.82) is 0 Å². The molecular formula is C27H27ClN4O3S. The van der Waals surface area contributed by atoms with Gasteiger partial charge in [0.1, 0.15) is 17.0 Å². The van der Waals surface area contributed by atoms with Crippen molar-refractivity contribution in [2.45, 2.75) is 0 Å². The summed E-state index contributed by atoms with van der Waals surface area (Å²) in [6, 6.07) is 20.6. The van der Waals surface area contributed by atoms with Gasteiger partial charge in [0.15, 0.2) is 10.9 Å². The summed E-state index contributed by atoms with van der Waals surface area (Å²) >= 11 is 7.90. The number of amides is 1. The van der Waals surface area contributed by atoms with Gasteiger partial charge in [-0.1, -0.05) is 41.1 Å². The first-order chi connectivity index (χ1) is 17.6. The number of hydrogen-bond donors (Lipinski definition) is 1. The van der Waals surface area contributed by atoms with E-state index >= 15 is 0 Å². The van der Waals surface area contributed by atoms with Crippen molar-refractivity contribution in [3.8, 4) is 17.2 Å². The summed E-state index contributed by atoms with van der Waals surface area (Å²) in [6.45, 7) is 4.99. The molecule has 1 N–H and O–H groups in total. The first-order valence-electron chi connectivity index (χ1n) is 11.8. The van der Waals surface area contributed by atoms with Crippen LogP contribution >= 0.6 is 22.9 Å². The van der Waals surface area contributed by atoms with Crippen LogP contribution in [0.5, 0.6) is 17.2 Å². The number of piperazine rings is 1. The highest BCUT2D eigenvalue weighted by atomic mass is 35.5.